The minimum absolute atomic E-state index is 0.321. The summed E-state index contributed by atoms with van der Waals surface area (Å²) >= 11 is 0. The highest BCUT2D eigenvalue weighted by Crippen LogP contribution is 2.08. The van der Waals surface area contributed by atoms with Crippen LogP contribution in [0.25, 0.3) is 0 Å². The lowest BCUT2D eigenvalue weighted by Crippen LogP contribution is -2.49. The molecule has 1 heterocycles. The second kappa shape index (κ2) is 7.67. The van der Waals surface area contributed by atoms with Crippen LogP contribution in [0.5, 0.6) is 0 Å². The lowest BCUT2D eigenvalue weighted by Gasteiger charge is -2.35. The Morgan fingerprint density at radius 1 is 1.18 bits per heavy atom. The van der Waals surface area contributed by atoms with E-state index in [1.54, 1.807) is 0 Å². The number of unbranched alkanes of at least 4 members (excludes halogenated alkanes) is 1. The summed E-state index contributed by atoms with van der Waals surface area (Å²) in [5.41, 5.74) is 5.48. The molecule has 0 radical (unpaired) electrons. The van der Waals surface area contributed by atoms with Gasteiger partial charge >= 0.3 is 0 Å². The minimum Gasteiger partial charge on any atom is -0.340 e. The van der Waals surface area contributed by atoms with Gasteiger partial charge in [-0.15, -0.1) is 0 Å². The highest BCUT2D eigenvalue weighted by Gasteiger charge is 2.20. The molecule has 1 amide bonds. The maximum Gasteiger partial charge on any atom is 0.222 e. The van der Waals surface area contributed by atoms with Gasteiger partial charge in [0.15, 0.2) is 0 Å². The van der Waals surface area contributed by atoms with Crippen molar-refractivity contribution in [3.8, 4) is 0 Å². The number of carbonyl (C=O) groups is 1. The summed E-state index contributed by atoms with van der Waals surface area (Å²) in [6, 6.07) is 0. The fraction of sp³-hybridized carbons (Fsp3) is 0.923. The highest BCUT2D eigenvalue weighted by atomic mass is 16.2. The van der Waals surface area contributed by atoms with Crippen molar-refractivity contribution < 1.29 is 4.79 Å². The average molecular weight is 241 g/mol. The predicted octanol–water partition coefficient (Wildman–Crippen LogP) is 0.916. The van der Waals surface area contributed by atoms with Crippen molar-refractivity contribution in [1.29, 1.82) is 0 Å². The largest absolute Gasteiger partial charge is 0.340 e. The molecule has 17 heavy (non-hydrogen) atoms. The Balaban J connectivity index is 2.18. The van der Waals surface area contributed by atoms with Crippen molar-refractivity contribution in [2.75, 3.05) is 39.3 Å². The van der Waals surface area contributed by atoms with Crippen molar-refractivity contribution in [3.05, 3.63) is 0 Å². The fourth-order valence-electron chi connectivity index (χ4n) is 2.18. The van der Waals surface area contributed by atoms with Gasteiger partial charge in [0, 0.05) is 32.6 Å². The summed E-state index contributed by atoms with van der Waals surface area (Å²) in [7, 11) is 0. The maximum atomic E-state index is 11.9. The third kappa shape index (κ3) is 5.50. The topological polar surface area (TPSA) is 49.6 Å². The molecule has 1 fully saturated rings. The van der Waals surface area contributed by atoms with E-state index in [9.17, 15) is 4.79 Å². The Morgan fingerprint density at radius 3 is 2.35 bits per heavy atom. The zero-order valence-electron chi connectivity index (χ0n) is 11.3. The van der Waals surface area contributed by atoms with E-state index >= 15 is 0 Å². The van der Waals surface area contributed by atoms with Gasteiger partial charge in [-0.1, -0.05) is 13.8 Å². The predicted molar refractivity (Wildman–Crippen MR) is 70.8 cm³/mol. The molecule has 0 spiro atoms. The molecule has 100 valence electrons. The van der Waals surface area contributed by atoms with Crippen LogP contribution in [0.3, 0.4) is 0 Å². The van der Waals surface area contributed by atoms with Crippen LogP contribution in [-0.4, -0.2) is 55.0 Å². The van der Waals surface area contributed by atoms with Crippen molar-refractivity contribution >= 4 is 5.91 Å². The lowest BCUT2D eigenvalue weighted by atomic mass is 10.1. The van der Waals surface area contributed by atoms with Crippen LogP contribution in [0.2, 0.25) is 0 Å². The summed E-state index contributed by atoms with van der Waals surface area (Å²) in [5, 5.41) is 0. The minimum atomic E-state index is 0.321. The number of hydrogen-bond donors (Lipinski definition) is 1. The molecule has 4 heteroatoms. The van der Waals surface area contributed by atoms with Gasteiger partial charge in [-0.05, 0) is 31.8 Å². The number of hydrogen-bond acceptors (Lipinski definition) is 3. The fourth-order valence-corrected chi connectivity index (χ4v) is 2.18. The van der Waals surface area contributed by atoms with Gasteiger partial charge in [0.2, 0.25) is 5.91 Å². The van der Waals surface area contributed by atoms with E-state index in [-0.39, 0.29) is 0 Å². The second-order valence-electron chi connectivity index (χ2n) is 5.32. The molecule has 0 bridgehead atoms. The first-order chi connectivity index (χ1) is 8.13. The summed E-state index contributed by atoms with van der Waals surface area (Å²) in [4.78, 5) is 16.3. The van der Waals surface area contributed by atoms with Crippen molar-refractivity contribution in [2.45, 2.75) is 33.1 Å². The van der Waals surface area contributed by atoms with E-state index in [1.165, 1.54) is 6.42 Å². The Labute approximate surface area is 105 Å². The third-order valence-corrected chi connectivity index (χ3v) is 3.24. The van der Waals surface area contributed by atoms with E-state index in [2.05, 4.69) is 18.7 Å². The maximum absolute atomic E-state index is 11.9. The van der Waals surface area contributed by atoms with Gasteiger partial charge in [0.1, 0.15) is 0 Å². The highest BCUT2D eigenvalue weighted by molar-refractivity contribution is 5.76. The Morgan fingerprint density at radius 2 is 1.82 bits per heavy atom. The van der Waals surface area contributed by atoms with Crippen LogP contribution in [0.4, 0.5) is 0 Å². The van der Waals surface area contributed by atoms with E-state index in [4.69, 9.17) is 5.73 Å². The van der Waals surface area contributed by atoms with Crippen LogP contribution in [-0.2, 0) is 4.79 Å². The first-order valence-corrected chi connectivity index (χ1v) is 6.83. The lowest BCUT2D eigenvalue weighted by molar-refractivity contribution is -0.133. The summed E-state index contributed by atoms with van der Waals surface area (Å²) < 4.78 is 0. The molecule has 0 aromatic heterocycles. The first kappa shape index (κ1) is 14.5. The van der Waals surface area contributed by atoms with Crippen LogP contribution < -0.4 is 5.73 Å². The van der Waals surface area contributed by atoms with Crippen molar-refractivity contribution in [2.24, 2.45) is 11.7 Å². The number of carbonyl (C=O) groups excluding carboxylic acids is 1. The number of nitrogens with two attached hydrogens (primary N) is 1. The molecule has 0 aromatic rings. The SMILES string of the molecule is CC(C)CC(=O)N1CCN(CCCCN)CC1. The number of piperazine rings is 1. The van der Waals surface area contributed by atoms with Crippen LogP contribution >= 0.6 is 0 Å². The van der Waals surface area contributed by atoms with Gasteiger partial charge < -0.3 is 10.6 Å². The molecule has 1 aliphatic rings. The summed E-state index contributed by atoms with van der Waals surface area (Å²) in [6.45, 7) is 9.95. The molecule has 1 rings (SSSR count). The van der Waals surface area contributed by atoms with Gasteiger partial charge in [-0.3, -0.25) is 9.69 Å². The van der Waals surface area contributed by atoms with Crippen LogP contribution in [0.1, 0.15) is 33.1 Å². The molecule has 4 nitrogen and oxygen atoms in total. The van der Waals surface area contributed by atoms with Crippen molar-refractivity contribution in [3.63, 3.8) is 0 Å². The van der Waals surface area contributed by atoms with Gasteiger partial charge in [-0.25, -0.2) is 0 Å². The van der Waals surface area contributed by atoms with Gasteiger partial charge in [0.05, 0.1) is 0 Å². The van der Waals surface area contributed by atoms with E-state index in [0.717, 1.165) is 45.7 Å². The number of rotatable bonds is 6. The standard InChI is InChI=1S/C13H27N3O/c1-12(2)11-13(17)16-9-7-15(8-10-16)6-4-3-5-14/h12H,3-11,14H2,1-2H3. The molecule has 0 aromatic carbocycles. The molecule has 1 saturated heterocycles. The Bertz CT molecular complexity index is 223. The third-order valence-electron chi connectivity index (χ3n) is 3.24. The summed E-state index contributed by atoms with van der Waals surface area (Å²) in [5.74, 6) is 0.784. The molecule has 2 N–H and O–H groups in total. The van der Waals surface area contributed by atoms with Crippen LogP contribution in [0.15, 0.2) is 0 Å². The Hall–Kier alpha value is -0.610. The smallest absolute Gasteiger partial charge is 0.222 e. The molecular weight excluding hydrogens is 214 g/mol. The zero-order valence-corrected chi connectivity index (χ0v) is 11.3. The zero-order chi connectivity index (χ0) is 12.7. The average Bonchev–Trinajstić information content (AvgIpc) is 2.29. The molecule has 1 aliphatic heterocycles. The van der Waals surface area contributed by atoms with Gasteiger partial charge in [-0.2, -0.15) is 0 Å². The molecular formula is C13H27N3O. The van der Waals surface area contributed by atoms with E-state index < -0.39 is 0 Å². The molecule has 0 atom stereocenters. The van der Waals surface area contributed by atoms with Gasteiger partial charge in [0.25, 0.3) is 0 Å². The molecule has 0 saturated carbocycles. The van der Waals surface area contributed by atoms with E-state index in [1.807, 2.05) is 4.90 Å². The quantitative estimate of drug-likeness (QED) is 0.703. The summed E-state index contributed by atoms with van der Waals surface area (Å²) in [6.07, 6.45) is 2.97. The molecule has 0 aliphatic carbocycles. The monoisotopic (exact) mass is 241 g/mol. The number of amides is 1. The first-order valence-electron chi connectivity index (χ1n) is 6.83. The Kier molecular flexibility index (Phi) is 6.52. The number of nitrogens with zero attached hydrogens (tertiary/aromatic N) is 2. The van der Waals surface area contributed by atoms with E-state index in [0.29, 0.717) is 18.2 Å². The normalized spacial score (nSPS) is 17.8. The van der Waals surface area contributed by atoms with Crippen molar-refractivity contribution in [1.82, 2.24) is 9.80 Å². The van der Waals surface area contributed by atoms with Crippen LogP contribution in [0, 0.1) is 5.92 Å². The molecule has 0 unspecified atom stereocenters. The second-order valence-corrected chi connectivity index (χ2v) is 5.32.